The first kappa shape index (κ1) is 11.6. The Balaban J connectivity index is 2.55. The van der Waals surface area contributed by atoms with Gasteiger partial charge in [0.1, 0.15) is 5.69 Å². The Hall–Kier alpha value is -0.910. The van der Waals surface area contributed by atoms with Crippen LogP contribution in [-0.2, 0) is 12.3 Å². The van der Waals surface area contributed by atoms with Crippen molar-refractivity contribution >= 4 is 11.8 Å². The van der Waals surface area contributed by atoms with Crippen LogP contribution in [0.1, 0.15) is 31.0 Å². The standard InChI is InChI=1S/C10H12F2N2OS/c1-2-16-9-13-7-6(8(15)14-9)4-3-5-10(7,11)12/h2-5H2,1H3,(H,13,14,15). The van der Waals surface area contributed by atoms with Crippen molar-refractivity contribution in [1.29, 1.82) is 0 Å². The van der Waals surface area contributed by atoms with Crippen molar-refractivity contribution in [1.82, 2.24) is 9.97 Å². The van der Waals surface area contributed by atoms with Crippen molar-refractivity contribution in [2.75, 3.05) is 5.75 Å². The number of rotatable bonds is 2. The fourth-order valence-corrected chi connectivity index (χ4v) is 2.42. The maximum Gasteiger partial charge on any atom is 0.290 e. The Labute approximate surface area is 95.7 Å². The van der Waals surface area contributed by atoms with E-state index in [1.165, 1.54) is 11.8 Å². The summed E-state index contributed by atoms with van der Waals surface area (Å²) in [6.07, 6.45) is 0.516. The first-order chi connectivity index (χ1) is 7.54. The second kappa shape index (κ2) is 4.16. The van der Waals surface area contributed by atoms with Crippen molar-refractivity contribution in [3.05, 3.63) is 21.6 Å². The van der Waals surface area contributed by atoms with Gasteiger partial charge in [-0.25, -0.2) is 4.98 Å². The molecule has 0 atom stereocenters. The third kappa shape index (κ3) is 1.98. The average molecular weight is 246 g/mol. The van der Waals surface area contributed by atoms with Gasteiger partial charge in [0.2, 0.25) is 0 Å². The van der Waals surface area contributed by atoms with Gasteiger partial charge >= 0.3 is 0 Å². The normalized spacial score (nSPS) is 18.2. The van der Waals surface area contributed by atoms with Crippen LogP contribution in [0.3, 0.4) is 0 Å². The van der Waals surface area contributed by atoms with Crippen LogP contribution in [-0.4, -0.2) is 15.7 Å². The summed E-state index contributed by atoms with van der Waals surface area (Å²) in [5.74, 6) is -2.27. The molecule has 0 unspecified atom stereocenters. The fraction of sp³-hybridized carbons (Fsp3) is 0.600. The fourth-order valence-electron chi connectivity index (χ4n) is 1.82. The van der Waals surface area contributed by atoms with Crippen molar-refractivity contribution in [3.8, 4) is 0 Å². The summed E-state index contributed by atoms with van der Waals surface area (Å²) in [6, 6.07) is 0. The molecule has 88 valence electrons. The molecule has 1 aromatic rings. The molecule has 2 rings (SSSR count). The third-order valence-electron chi connectivity index (χ3n) is 2.54. The number of hydrogen-bond acceptors (Lipinski definition) is 3. The topological polar surface area (TPSA) is 45.8 Å². The predicted molar refractivity (Wildman–Crippen MR) is 58.1 cm³/mol. The molecule has 0 saturated heterocycles. The SMILES string of the molecule is CCSc1nc2c(c(=O)[nH]1)CCCC2(F)F. The van der Waals surface area contributed by atoms with E-state index in [1.807, 2.05) is 6.92 Å². The predicted octanol–water partition coefficient (Wildman–Crippen LogP) is 2.31. The van der Waals surface area contributed by atoms with Crippen LogP contribution < -0.4 is 5.56 Å². The van der Waals surface area contributed by atoms with E-state index < -0.39 is 11.5 Å². The smallest absolute Gasteiger partial charge is 0.290 e. The summed E-state index contributed by atoms with van der Waals surface area (Å²) < 4.78 is 27.1. The largest absolute Gasteiger partial charge is 0.301 e. The lowest BCUT2D eigenvalue weighted by Gasteiger charge is -2.23. The van der Waals surface area contributed by atoms with Gasteiger partial charge in [0.25, 0.3) is 11.5 Å². The molecule has 0 bridgehead atoms. The molecule has 1 heterocycles. The van der Waals surface area contributed by atoms with E-state index in [0.717, 1.165) is 0 Å². The molecule has 16 heavy (non-hydrogen) atoms. The Bertz CT molecular complexity index is 459. The Morgan fingerprint density at radius 2 is 2.31 bits per heavy atom. The minimum absolute atomic E-state index is 0.150. The van der Waals surface area contributed by atoms with Gasteiger partial charge in [-0.1, -0.05) is 18.7 Å². The van der Waals surface area contributed by atoms with E-state index in [2.05, 4.69) is 9.97 Å². The Kier molecular flexibility index (Phi) is 3.01. The molecule has 1 aliphatic carbocycles. The number of alkyl halides is 2. The lowest BCUT2D eigenvalue weighted by molar-refractivity contribution is -0.0273. The number of H-pyrrole nitrogens is 1. The van der Waals surface area contributed by atoms with Crippen LogP contribution >= 0.6 is 11.8 Å². The highest BCUT2D eigenvalue weighted by Gasteiger charge is 2.39. The zero-order valence-electron chi connectivity index (χ0n) is 8.85. The number of nitrogens with zero attached hydrogens (tertiary/aromatic N) is 1. The lowest BCUT2D eigenvalue weighted by atomic mass is 9.94. The first-order valence-corrected chi connectivity index (χ1v) is 6.17. The van der Waals surface area contributed by atoms with E-state index in [1.54, 1.807) is 0 Å². The molecule has 1 aromatic heterocycles. The van der Waals surface area contributed by atoms with Crippen LogP contribution in [0.5, 0.6) is 0 Å². The summed E-state index contributed by atoms with van der Waals surface area (Å²) in [6.45, 7) is 1.88. The quantitative estimate of drug-likeness (QED) is 0.643. The van der Waals surface area contributed by atoms with Crippen LogP contribution in [0.4, 0.5) is 8.78 Å². The number of aromatic amines is 1. The molecule has 0 aromatic carbocycles. The lowest BCUT2D eigenvalue weighted by Crippen LogP contribution is -2.30. The number of fused-ring (bicyclic) bond motifs is 1. The van der Waals surface area contributed by atoms with Gasteiger partial charge < -0.3 is 4.98 Å². The van der Waals surface area contributed by atoms with Gasteiger partial charge in [0, 0.05) is 12.0 Å². The molecule has 0 fully saturated rings. The van der Waals surface area contributed by atoms with Crippen LogP contribution in [0, 0.1) is 0 Å². The molecule has 0 saturated carbocycles. The molecule has 0 amide bonds. The minimum atomic E-state index is -2.95. The molecule has 6 heteroatoms. The number of hydrogen-bond donors (Lipinski definition) is 1. The molecule has 1 aliphatic rings. The maximum absolute atomic E-state index is 13.6. The molecule has 1 N–H and O–H groups in total. The second-order valence-electron chi connectivity index (χ2n) is 3.69. The van der Waals surface area contributed by atoms with Gasteiger partial charge in [-0.05, 0) is 18.6 Å². The van der Waals surface area contributed by atoms with Crippen LogP contribution in [0.25, 0.3) is 0 Å². The van der Waals surface area contributed by atoms with Crippen LogP contribution in [0.15, 0.2) is 9.95 Å². The average Bonchev–Trinajstić information content (AvgIpc) is 2.20. The highest BCUT2D eigenvalue weighted by molar-refractivity contribution is 7.99. The zero-order chi connectivity index (χ0) is 11.8. The monoisotopic (exact) mass is 246 g/mol. The van der Waals surface area contributed by atoms with Crippen molar-refractivity contribution in [2.24, 2.45) is 0 Å². The third-order valence-corrected chi connectivity index (χ3v) is 3.29. The van der Waals surface area contributed by atoms with Gasteiger partial charge in [-0.3, -0.25) is 4.79 Å². The molecule has 3 nitrogen and oxygen atoms in total. The van der Waals surface area contributed by atoms with Gasteiger partial charge in [-0.2, -0.15) is 8.78 Å². The summed E-state index contributed by atoms with van der Waals surface area (Å²) in [5, 5.41) is 0.285. The molecule has 0 aliphatic heterocycles. The van der Waals surface area contributed by atoms with Gasteiger partial charge in [0.05, 0.1) is 0 Å². The van der Waals surface area contributed by atoms with E-state index in [-0.39, 0.29) is 22.8 Å². The van der Waals surface area contributed by atoms with E-state index >= 15 is 0 Å². The number of thioether (sulfide) groups is 1. The Morgan fingerprint density at radius 3 is 3.00 bits per heavy atom. The molecular formula is C10H12F2N2OS. The summed E-state index contributed by atoms with van der Waals surface area (Å²) in [5.41, 5.74) is -0.588. The maximum atomic E-state index is 13.6. The van der Waals surface area contributed by atoms with Gasteiger partial charge in [0.15, 0.2) is 5.16 Å². The second-order valence-corrected chi connectivity index (χ2v) is 4.94. The molecule has 0 radical (unpaired) electrons. The van der Waals surface area contributed by atoms with E-state index in [4.69, 9.17) is 0 Å². The molecule has 0 spiro atoms. The van der Waals surface area contributed by atoms with Gasteiger partial charge in [-0.15, -0.1) is 0 Å². The van der Waals surface area contributed by atoms with Crippen molar-refractivity contribution in [3.63, 3.8) is 0 Å². The number of nitrogens with one attached hydrogen (secondary N) is 1. The Morgan fingerprint density at radius 1 is 1.56 bits per heavy atom. The first-order valence-electron chi connectivity index (χ1n) is 5.19. The highest BCUT2D eigenvalue weighted by Crippen LogP contribution is 2.37. The minimum Gasteiger partial charge on any atom is -0.301 e. The van der Waals surface area contributed by atoms with Crippen molar-refractivity contribution < 1.29 is 8.78 Å². The summed E-state index contributed by atoms with van der Waals surface area (Å²) in [4.78, 5) is 18.0. The van der Waals surface area contributed by atoms with E-state index in [0.29, 0.717) is 18.6 Å². The highest BCUT2D eigenvalue weighted by atomic mass is 32.2. The zero-order valence-corrected chi connectivity index (χ0v) is 9.66. The van der Waals surface area contributed by atoms with E-state index in [9.17, 15) is 13.6 Å². The molecular weight excluding hydrogens is 234 g/mol. The number of aromatic nitrogens is 2. The van der Waals surface area contributed by atoms with Crippen LogP contribution in [0.2, 0.25) is 0 Å². The summed E-state index contributed by atoms with van der Waals surface area (Å²) >= 11 is 1.26. The number of halogens is 2. The summed E-state index contributed by atoms with van der Waals surface area (Å²) in [7, 11) is 0. The van der Waals surface area contributed by atoms with Crippen molar-refractivity contribution in [2.45, 2.75) is 37.3 Å².